The molecule has 21 heavy (non-hydrogen) atoms. The average molecular weight is 376 g/mol. The zero-order valence-electron chi connectivity index (χ0n) is 12.3. The zero-order valence-corrected chi connectivity index (χ0v) is 14.6. The van der Waals surface area contributed by atoms with Gasteiger partial charge >= 0.3 is 0 Å². The van der Waals surface area contributed by atoms with Crippen LogP contribution in [0.1, 0.15) is 24.2 Å². The lowest BCUT2D eigenvalue weighted by molar-refractivity contribution is -0.00923. The molecule has 0 unspecified atom stereocenters. The molecule has 116 valence electrons. The van der Waals surface area contributed by atoms with E-state index in [1.807, 2.05) is 0 Å². The van der Waals surface area contributed by atoms with Crippen LogP contribution in [0, 0.1) is 0 Å². The minimum absolute atomic E-state index is 0.102. The molecule has 0 spiro atoms. The van der Waals surface area contributed by atoms with Gasteiger partial charge in [-0.2, -0.15) is 0 Å². The van der Waals surface area contributed by atoms with E-state index in [0.717, 1.165) is 30.8 Å². The lowest BCUT2D eigenvalue weighted by Crippen LogP contribution is -2.55. The highest BCUT2D eigenvalue weighted by atomic mass is 79.9. The first-order valence-corrected chi connectivity index (χ1v) is 8.13. The van der Waals surface area contributed by atoms with Crippen molar-refractivity contribution in [2.75, 3.05) is 32.8 Å². The van der Waals surface area contributed by atoms with Gasteiger partial charge in [-0.1, -0.05) is 27.5 Å². The summed E-state index contributed by atoms with van der Waals surface area (Å²) in [4.78, 5) is 14.6. The molecule has 1 aliphatic rings. The van der Waals surface area contributed by atoms with Crippen molar-refractivity contribution in [1.29, 1.82) is 0 Å². The minimum atomic E-state index is -0.112. The number of nitrogens with zero attached hydrogens (tertiary/aromatic N) is 1. The van der Waals surface area contributed by atoms with E-state index in [0.29, 0.717) is 17.1 Å². The molecule has 0 aromatic heterocycles. The van der Waals surface area contributed by atoms with Gasteiger partial charge in [0.2, 0.25) is 0 Å². The number of carbonyl (C=O) groups excluding carboxylic acids is 1. The Morgan fingerprint density at radius 1 is 1.38 bits per heavy atom. The van der Waals surface area contributed by atoms with Crippen LogP contribution in [-0.4, -0.2) is 49.2 Å². The number of carbonyl (C=O) groups is 1. The molecule has 0 bridgehead atoms. The van der Waals surface area contributed by atoms with Crippen molar-refractivity contribution in [2.24, 2.45) is 0 Å². The van der Waals surface area contributed by atoms with Crippen LogP contribution in [-0.2, 0) is 4.74 Å². The van der Waals surface area contributed by atoms with Gasteiger partial charge in [0.05, 0.1) is 13.2 Å². The summed E-state index contributed by atoms with van der Waals surface area (Å²) in [7, 11) is 0. The molecule has 1 saturated heterocycles. The Bertz CT molecular complexity index is 496. The van der Waals surface area contributed by atoms with Gasteiger partial charge in [0.1, 0.15) is 0 Å². The number of benzene rings is 1. The monoisotopic (exact) mass is 374 g/mol. The normalized spacial score (nSPS) is 16.8. The molecule has 1 aromatic rings. The Hall–Kier alpha value is -0.620. The zero-order chi connectivity index (χ0) is 15.5. The Balaban J connectivity index is 1.96. The van der Waals surface area contributed by atoms with E-state index in [1.165, 1.54) is 0 Å². The molecule has 1 N–H and O–H groups in total. The fourth-order valence-electron chi connectivity index (χ4n) is 2.36. The summed E-state index contributed by atoms with van der Waals surface area (Å²) in [6, 6.07) is 5.20. The predicted octanol–water partition coefficient (Wildman–Crippen LogP) is 2.94. The van der Waals surface area contributed by atoms with Crippen LogP contribution in [0.4, 0.5) is 0 Å². The van der Waals surface area contributed by atoms with E-state index in [-0.39, 0.29) is 11.4 Å². The van der Waals surface area contributed by atoms with Gasteiger partial charge in [0, 0.05) is 40.2 Å². The molecule has 0 atom stereocenters. The standard InChI is InChI=1S/C15H20BrClN2O2/c1-15(2,19-3-5-21-6-4-19)10-18-14(20)11-7-12(16)9-13(17)8-11/h7-9H,3-6,10H2,1-2H3,(H,18,20). The Kier molecular flexibility index (Phi) is 5.66. The van der Waals surface area contributed by atoms with Crippen molar-refractivity contribution < 1.29 is 9.53 Å². The first kappa shape index (κ1) is 16.7. The summed E-state index contributed by atoms with van der Waals surface area (Å²) < 4.78 is 6.17. The molecule has 1 aliphatic heterocycles. The summed E-state index contributed by atoms with van der Waals surface area (Å²) in [6.45, 7) is 8.13. The number of morpholine rings is 1. The smallest absolute Gasteiger partial charge is 0.251 e. The Morgan fingerprint density at radius 3 is 2.67 bits per heavy atom. The summed E-state index contributed by atoms with van der Waals surface area (Å²) >= 11 is 9.32. The van der Waals surface area contributed by atoms with Crippen LogP contribution in [0.2, 0.25) is 5.02 Å². The highest BCUT2D eigenvalue weighted by molar-refractivity contribution is 9.10. The molecule has 1 aromatic carbocycles. The quantitative estimate of drug-likeness (QED) is 0.880. The maximum atomic E-state index is 12.2. The van der Waals surface area contributed by atoms with Crippen molar-refractivity contribution in [3.8, 4) is 0 Å². The first-order valence-electron chi connectivity index (χ1n) is 6.95. The number of hydrogen-bond acceptors (Lipinski definition) is 3. The van der Waals surface area contributed by atoms with Gasteiger partial charge in [0.25, 0.3) is 5.91 Å². The SMILES string of the molecule is CC(C)(CNC(=O)c1cc(Cl)cc(Br)c1)N1CCOCC1. The lowest BCUT2D eigenvalue weighted by atomic mass is 10.0. The maximum absolute atomic E-state index is 12.2. The van der Waals surface area contributed by atoms with Gasteiger partial charge in [0.15, 0.2) is 0 Å². The predicted molar refractivity (Wildman–Crippen MR) is 88.0 cm³/mol. The van der Waals surface area contributed by atoms with Crippen LogP contribution in [0.3, 0.4) is 0 Å². The number of ether oxygens (including phenoxy) is 1. The van der Waals surface area contributed by atoms with Gasteiger partial charge in [-0.25, -0.2) is 0 Å². The van der Waals surface area contributed by atoms with Crippen molar-refractivity contribution in [1.82, 2.24) is 10.2 Å². The third-order valence-electron chi connectivity index (χ3n) is 3.67. The molecular formula is C15H20BrClN2O2. The third-order valence-corrected chi connectivity index (χ3v) is 4.35. The van der Waals surface area contributed by atoms with E-state index >= 15 is 0 Å². The molecule has 2 rings (SSSR count). The van der Waals surface area contributed by atoms with E-state index in [4.69, 9.17) is 16.3 Å². The minimum Gasteiger partial charge on any atom is -0.379 e. The van der Waals surface area contributed by atoms with Crippen LogP contribution < -0.4 is 5.32 Å². The van der Waals surface area contributed by atoms with Gasteiger partial charge in [-0.3, -0.25) is 9.69 Å². The van der Waals surface area contributed by atoms with Crippen molar-refractivity contribution in [3.05, 3.63) is 33.3 Å². The third kappa shape index (κ3) is 4.68. The highest BCUT2D eigenvalue weighted by Gasteiger charge is 2.28. The molecular weight excluding hydrogens is 356 g/mol. The first-order chi connectivity index (χ1) is 9.88. The molecule has 0 saturated carbocycles. The largest absolute Gasteiger partial charge is 0.379 e. The van der Waals surface area contributed by atoms with E-state index in [1.54, 1.807) is 18.2 Å². The van der Waals surface area contributed by atoms with Crippen molar-refractivity contribution >= 4 is 33.4 Å². The molecule has 0 radical (unpaired) electrons. The number of nitrogens with one attached hydrogen (secondary N) is 1. The lowest BCUT2D eigenvalue weighted by Gasteiger charge is -2.40. The van der Waals surface area contributed by atoms with Gasteiger partial charge < -0.3 is 10.1 Å². The topological polar surface area (TPSA) is 41.6 Å². The molecule has 1 heterocycles. The molecule has 0 aliphatic carbocycles. The second kappa shape index (κ2) is 7.09. The second-order valence-electron chi connectivity index (χ2n) is 5.75. The summed E-state index contributed by atoms with van der Waals surface area (Å²) in [5.41, 5.74) is 0.460. The maximum Gasteiger partial charge on any atom is 0.251 e. The van der Waals surface area contributed by atoms with Crippen LogP contribution in [0.25, 0.3) is 0 Å². The Morgan fingerprint density at radius 2 is 2.05 bits per heavy atom. The fraction of sp³-hybridized carbons (Fsp3) is 0.533. The van der Waals surface area contributed by atoms with E-state index < -0.39 is 0 Å². The number of halogens is 2. The second-order valence-corrected chi connectivity index (χ2v) is 7.10. The van der Waals surface area contributed by atoms with Crippen LogP contribution >= 0.6 is 27.5 Å². The molecule has 6 heteroatoms. The summed E-state index contributed by atoms with van der Waals surface area (Å²) in [5.74, 6) is -0.112. The van der Waals surface area contributed by atoms with Crippen molar-refractivity contribution in [2.45, 2.75) is 19.4 Å². The Labute approximate surface area is 138 Å². The van der Waals surface area contributed by atoms with E-state index in [2.05, 4.69) is 40.0 Å². The molecule has 1 fully saturated rings. The highest BCUT2D eigenvalue weighted by Crippen LogP contribution is 2.20. The van der Waals surface area contributed by atoms with Crippen molar-refractivity contribution in [3.63, 3.8) is 0 Å². The summed E-state index contributed by atoms with van der Waals surface area (Å²) in [6.07, 6.45) is 0. The van der Waals surface area contributed by atoms with Crippen LogP contribution in [0.5, 0.6) is 0 Å². The van der Waals surface area contributed by atoms with E-state index in [9.17, 15) is 4.79 Å². The van der Waals surface area contributed by atoms with Crippen LogP contribution in [0.15, 0.2) is 22.7 Å². The molecule has 4 nitrogen and oxygen atoms in total. The number of hydrogen-bond donors (Lipinski definition) is 1. The number of amides is 1. The van der Waals surface area contributed by atoms with Gasteiger partial charge in [-0.05, 0) is 32.0 Å². The fourth-order valence-corrected chi connectivity index (χ4v) is 3.22. The van der Waals surface area contributed by atoms with Gasteiger partial charge in [-0.15, -0.1) is 0 Å². The number of rotatable bonds is 4. The molecule has 1 amide bonds. The average Bonchev–Trinajstić information content (AvgIpc) is 2.45. The summed E-state index contributed by atoms with van der Waals surface area (Å²) in [5, 5.41) is 3.53.